The molecule has 24 heavy (non-hydrogen) atoms. The largest absolute Gasteiger partial charge is 0.480 e. The van der Waals surface area contributed by atoms with Crippen molar-refractivity contribution in [1.82, 2.24) is 5.32 Å². The normalized spacial score (nSPS) is 12.0. The standard InChI is InChI=1S/C17H20N2O5/c1-2-3-4-15(17(20)21)18-11-14-9-10-16(24-14)12-5-7-13(8-6-12)19(22)23/h5-10,15,18H,2-4,11H2,1H3,(H,20,21). The minimum atomic E-state index is -0.870. The van der Waals surface area contributed by atoms with Crippen molar-refractivity contribution in [2.75, 3.05) is 0 Å². The zero-order chi connectivity index (χ0) is 17.5. The number of carboxylic acid groups (broad SMARTS) is 1. The van der Waals surface area contributed by atoms with Gasteiger partial charge in [-0.25, -0.2) is 0 Å². The first-order chi connectivity index (χ1) is 11.5. The van der Waals surface area contributed by atoms with E-state index in [0.29, 0.717) is 24.5 Å². The van der Waals surface area contributed by atoms with E-state index in [2.05, 4.69) is 5.32 Å². The highest BCUT2D eigenvalue weighted by atomic mass is 16.6. The maximum absolute atomic E-state index is 11.2. The van der Waals surface area contributed by atoms with Crippen LogP contribution in [-0.4, -0.2) is 22.0 Å². The summed E-state index contributed by atoms with van der Waals surface area (Å²) < 4.78 is 5.68. The third-order valence-corrected chi connectivity index (χ3v) is 3.69. The number of rotatable bonds is 9. The highest BCUT2D eigenvalue weighted by Crippen LogP contribution is 2.24. The van der Waals surface area contributed by atoms with E-state index in [1.54, 1.807) is 24.3 Å². The number of nitro groups is 1. The molecule has 0 saturated carbocycles. The number of benzene rings is 1. The Kier molecular flexibility index (Phi) is 6.08. The van der Waals surface area contributed by atoms with Crippen LogP contribution in [0.15, 0.2) is 40.8 Å². The summed E-state index contributed by atoms with van der Waals surface area (Å²) in [5.74, 6) is 0.332. The first-order valence-corrected chi connectivity index (χ1v) is 7.81. The Morgan fingerprint density at radius 2 is 2.00 bits per heavy atom. The van der Waals surface area contributed by atoms with Crippen molar-refractivity contribution in [2.24, 2.45) is 0 Å². The average Bonchev–Trinajstić information content (AvgIpc) is 3.03. The lowest BCUT2D eigenvalue weighted by atomic mass is 10.1. The van der Waals surface area contributed by atoms with Crippen LogP contribution in [0.3, 0.4) is 0 Å². The fourth-order valence-corrected chi connectivity index (χ4v) is 2.32. The predicted octanol–water partition coefficient (Wildman–Crippen LogP) is 3.59. The number of carboxylic acids is 1. The van der Waals surface area contributed by atoms with Gasteiger partial charge < -0.3 is 9.52 Å². The average molecular weight is 332 g/mol. The minimum Gasteiger partial charge on any atom is -0.480 e. The van der Waals surface area contributed by atoms with Crippen LogP contribution in [0.1, 0.15) is 31.9 Å². The Morgan fingerprint density at radius 1 is 1.29 bits per heavy atom. The number of unbranched alkanes of at least 4 members (excludes halogenated alkanes) is 1. The summed E-state index contributed by atoms with van der Waals surface area (Å²) in [4.78, 5) is 21.4. The van der Waals surface area contributed by atoms with Gasteiger partial charge in [-0.2, -0.15) is 0 Å². The molecule has 1 unspecified atom stereocenters. The van der Waals surface area contributed by atoms with Crippen LogP contribution in [-0.2, 0) is 11.3 Å². The van der Waals surface area contributed by atoms with Gasteiger partial charge in [0.05, 0.1) is 11.5 Å². The van der Waals surface area contributed by atoms with Crippen molar-refractivity contribution < 1.29 is 19.2 Å². The summed E-state index contributed by atoms with van der Waals surface area (Å²) >= 11 is 0. The second-order valence-corrected chi connectivity index (χ2v) is 5.48. The quantitative estimate of drug-likeness (QED) is 0.537. The van der Waals surface area contributed by atoms with Crippen molar-refractivity contribution in [2.45, 2.75) is 38.8 Å². The van der Waals surface area contributed by atoms with E-state index >= 15 is 0 Å². The van der Waals surface area contributed by atoms with Crippen molar-refractivity contribution in [3.05, 3.63) is 52.3 Å². The molecule has 1 atom stereocenters. The summed E-state index contributed by atoms with van der Waals surface area (Å²) in [6.07, 6.45) is 2.36. The third kappa shape index (κ3) is 4.66. The number of hydrogen-bond acceptors (Lipinski definition) is 5. The molecule has 1 aromatic heterocycles. The van der Waals surface area contributed by atoms with E-state index in [9.17, 15) is 20.0 Å². The Hall–Kier alpha value is -2.67. The number of aliphatic carboxylic acids is 1. The molecular formula is C17H20N2O5. The van der Waals surface area contributed by atoms with Crippen LogP contribution < -0.4 is 5.32 Å². The van der Waals surface area contributed by atoms with Crippen LogP contribution >= 0.6 is 0 Å². The van der Waals surface area contributed by atoms with Crippen molar-refractivity contribution in [3.63, 3.8) is 0 Å². The molecule has 128 valence electrons. The van der Waals surface area contributed by atoms with Crippen LogP contribution in [0.4, 0.5) is 5.69 Å². The van der Waals surface area contributed by atoms with Gasteiger partial charge >= 0.3 is 5.97 Å². The zero-order valence-electron chi connectivity index (χ0n) is 13.4. The third-order valence-electron chi connectivity index (χ3n) is 3.69. The molecule has 2 rings (SSSR count). The van der Waals surface area contributed by atoms with Gasteiger partial charge in [0, 0.05) is 17.7 Å². The van der Waals surface area contributed by atoms with Crippen molar-refractivity contribution in [3.8, 4) is 11.3 Å². The summed E-state index contributed by atoms with van der Waals surface area (Å²) in [6.45, 7) is 2.33. The first kappa shape index (κ1) is 17.7. The Balaban J connectivity index is 1.99. The lowest BCUT2D eigenvalue weighted by molar-refractivity contribution is -0.384. The van der Waals surface area contributed by atoms with Crippen LogP contribution in [0, 0.1) is 10.1 Å². The van der Waals surface area contributed by atoms with Crippen molar-refractivity contribution >= 4 is 11.7 Å². The Morgan fingerprint density at radius 3 is 2.58 bits per heavy atom. The predicted molar refractivity (Wildman–Crippen MR) is 88.6 cm³/mol. The molecular weight excluding hydrogens is 312 g/mol. The summed E-state index contributed by atoms with van der Waals surface area (Å²) in [7, 11) is 0. The van der Waals surface area contributed by atoms with Gasteiger partial charge in [0.25, 0.3) is 5.69 Å². The highest BCUT2D eigenvalue weighted by Gasteiger charge is 2.16. The molecule has 0 amide bonds. The SMILES string of the molecule is CCCCC(NCc1ccc(-c2ccc([N+](=O)[O-])cc2)o1)C(=O)O. The van der Waals surface area contributed by atoms with Gasteiger partial charge in [-0.15, -0.1) is 0 Å². The number of non-ortho nitro benzene ring substituents is 1. The smallest absolute Gasteiger partial charge is 0.320 e. The van der Waals surface area contributed by atoms with E-state index in [0.717, 1.165) is 18.4 Å². The molecule has 0 aliphatic heterocycles. The topological polar surface area (TPSA) is 106 Å². The van der Waals surface area contributed by atoms with Gasteiger partial charge in [-0.1, -0.05) is 19.8 Å². The fraction of sp³-hybridized carbons (Fsp3) is 0.353. The number of nitrogens with zero attached hydrogens (tertiary/aromatic N) is 1. The van der Waals surface area contributed by atoms with Crippen LogP contribution in [0.2, 0.25) is 0 Å². The van der Waals surface area contributed by atoms with Gasteiger partial charge in [0.15, 0.2) is 0 Å². The maximum atomic E-state index is 11.2. The molecule has 0 fully saturated rings. The zero-order valence-corrected chi connectivity index (χ0v) is 13.4. The maximum Gasteiger partial charge on any atom is 0.320 e. The summed E-state index contributed by atoms with van der Waals surface area (Å²) in [5.41, 5.74) is 0.750. The van der Waals surface area contributed by atoms with Crippen LogP contribution in [0.5, 0.6) is 0 Å². The van der Waals surface area contributed by atoms with E-state index in [-0.39, 0.29) is 5.69 Å². The molecule has 0 bridgehead atoms. The number of furan rings is 1. The molecule has 1 aromatic carbocycles. The molecule has 7 nitrogen and oxygen atoms in total. The van der Waals surface area contributed by atoms with Crippen molar-refractivity contribution in [1.29, 1.82) is 0 Å². The second kappa shape index (κ2) is 8.26. The number of hydrogen-bond donors (Lipinski definition) is 2. The molecule has 2 N–H and O–H groups in total. The van der Waals surface area contributed by atoms with E-state index < -0.39 is 16.9 Å². The molecule has 0 saturated heterocycles. The van der Waals surface area contributed by atoms with E-state index in [4.69, 9.17) is 4.42 Å². The molecule has 0 aliphatic carbocycles. The number of nitro benzene ring substituents is 1. The molecule has 0 spiro atoms. The fourth-order valence-electron chi connectivity index (χ4n) is 2.32. The molecule has 0 radical (unpaired) electrons. The number of nitrogens with one attached hydrogen (secondary N) is 1. The monoisotopic (exact) mass is 332 g/mol. The van der Waals surface area contributed by atoms with Gasteiger partial charge in [-0.3, -0.25) is 20.2 Å². The van der Waals surface area contributed by atoms with Gasteiger partial charge in [0.2, 0.25) is 0 Å². The highest BCUT2D eigenvalue weighted by molar-refractivity contribution is 5.73. The molecule has 7 heteroatoms. The molecule has 2 aromatic rings. The van der Waals surface area contributed by atoms with Gasteiger partial charge in [-0.05, 0) is 30.7 Å². The summed E-state index contributed by atoms with van der Waals surface area (Å²) in [6, 6.07) is 9.01. The minimum absolute atomic E-state index is 0.0208. The Bertz CT molecular complexity index is 693. The molecule has 0 aliphatic rings. The second-order valence-electron chi connectivity index (χ2n) is 5.48. The first-order valence-electron chi connectivity index (χ1n) is 7.81. The number of carbonyl (C=O) groups is 1. The van der Waals surface area contributed by atoms with Gasteiger partial charge in [0.1, 0.15) is 17.6 Å². The Labute approximate surface area is 139 Å². The molecule has 1 heterocycles. The summed E-state index contributed by atoms with van der Waals surface area (Å²) in [5, 5.41) is 22.8. The van der Waals surface area contributed by atoms with Crippen LogP contribution in [0.25, 0.3) is 11.3 Å². The lowest BCUT2D eigenvalue weighted by Gasteiger charge is -2.12. The lowest BCUT2D eigenvalue weighted by Crippen LogP contribution is -2.36. The van der Waals surface area contributed by atoms with E-state index in [1.165, 1.54) is 12.1 Å². The van der Waals surface area contributed by atoms with E-state index in [1.807, 2.05) is 6.92 Å².